The number of nitrogens with zero attached hydrogens (tertiary/aromatic N) is 1. The molecule has 4 nitrogen and oxygen atoms in total. The molecule has 5 heteroatoms. The van der Waals surface area contributed by atoms with Crippen molar-refractivity contribution in [2.24, 2.45) is 0 Å². The zero-order valence-corrected chi connectivity index (χ0v) is 11.3. The largest absolute Gasteiger partial charge is 0.385 e. The van der Waals surface area contributed by atoms with E-state index in [1.165, 1.54) is 0 Å². The molecule has 0 aliphatic heterocycles. The number of carbonyl (C=O) groups excluding carboxylic acids is 1. The predicted molar refractivity (Wildman–Crippen MR) is 72.1 cm³/mol. The van der Waals surface area contributed by atoms with Crippen LogP contribution in [-0.2, 0) is 9.53 Å². The number of hydrogen-bond donors (Lipinski definition) is 1. The third-order valence-corrected chi connectivity index (χ3v) is 3.17. The lowest BCUT2D eigenvalue weighted by Crippen LogP contribution is -2.26. The monoisotopic (exact) mass is 264 g/mol. The van der Waals surface area contributed by atoms with Gasteiger partial charge >= 0.3 is 0 Å². The van der Waals surface area contributed by atoms with Crippen LogP contribution in [0.4, 0.5) is 0 Å². The fraction of sp³-hybridized carbons (Fsp3) is 0.385. The standard InChI is InChI=1S/C13H16N2O2S/c1-10-4-5-12(18-10)8-11(9-14)13(16)15-6-3-7-17-2/h4-5,8H,3,6-7H2,1-2H3,(H,15,16)/b11-8-. The normalized spacial score (nSPS) is 11.1. The molecule has 0 spiro atoms. The molecule has 0 saturated heterocycles. The van der Waals surface area contributed by atoms with E-state index in [-0.39, 0.29) is 11.5 Å². The number of methoxy groups -OCH3 is 1. The summed E-state index contributed by atoms with van der Waals surface area (Å²) in [7, 11) is 1.61. The Hall–Kier alpha value is -1.64. The predicted octanol–water partition coefficient (Wildman–Crippen LogP) is 2.12. The molecule has 1 rings (SSSR count). The van der Waals surface area contributed by atoms with E-state index < -0.39 is 0 Å². The molecular weight excluding hydrogens is 248 g/mol. The van der Waals surface area contributed by atoms with Gasteiger partial charge in [0.1, 0.15) is 11.6 Å². The van der Waals surface area contributed by atoms with E-state index in [2.05, 4.69) is 5.32 Å². The molecule has 0 saturated carbocycles. The van der Waals surface area contributed by atoms with Crippen molar-refractivity contribution in [3.63, 3.8) is 0 Å². The lowest BCUT2D eigenvalue weighted by Gasteiger charge is -2.03. The van der Waals surface area contributed by atoms with Gasteiger partial charge in [-0.05, 0) is 31.6 Å². The Labute approximate surface area is 111 Å². The third kappa shape index (κ3) is 4.70. The first-order chi connectivity index (χ1) is 8.67. The maximum absolute atomic E-state index is 11.7. The Balaban J connectivity index is 2.58. The van der Waals surface area contributed by atoms with Crippen LogP contribution in [0.15, 0.2) is 17.7 Å². The fourth-order valence-electron chi connectivity index (χ4n) is 1.34. The minimum absolute atomic E-state index is 0.134. The smallest absolute Gasteiger partial charge is 0.261 e. The van der Waals surface area contributed by atoms with Crippen molar-refractivity contribution in [3.8, 4) is 6.07 Å². The number of thiophene rings is 1. The molecule has 0 radical (unpaired) electrons. The molecule has 1 heterocycles. The van der Waals surface area contributed by atoms with Gasteiger partial charge in [0.15, 0.2) is 0 Å². The van der Waals surface area contributed by atoms with E-state index in [4.69, 9.17) is 10.00 Å². The lowest BCUT2D eigenvalue weighted by atomic mass is 10.2. The third-order valence-electron chi connectivity index (χ3n) is 2.22. The van der Waals surface area contributed by atoms with Crippen LogP contribution in [0.25, 0.3) is 6.08 Å². The molecule has 96 valence electrons. The first-order valence-electron chi connectivity index (χ1n) is 5.62. The van der Waals surface area contributed by atoms with Crippen LogP contribution in [0, 0.1) is 18.3 Å². The molecule has 18 heavy (non-hydrogen) atoms. The van der Waals surface area contributed by atoms with Gasteiger partial charge in [-0.1, -0.05) is 0 Å². The van der Waals surface area contributed by atoms with Crippen LogP contribution in [0.3, 0.4) is 0 Å². The summed E-state index contributed by atoms with van der Waals surface area (Å²) in [5.74, 6) is -0.334. The molecule has 1 aromatic heterocycles. The zero-order chi connectivity index (χ0) is 13.4. The van der Waals surface area contributed by atoms with Gasteiger partial charge in [0, 0.05) is 30.0 Å². The molecule has 0 aliphatic rings. The second-order valence-corrected chi connectivity index (χ2v) is 5.04. The van der Waals surface area contributed by atoms with Gasteiger partial charge < -0.3 is 10.1 Å². The Kier molecular flexibility index (Phi) is 6.12. The van der Waals surface area contributed by atoms with Gasteiger partial charge in [-0.25, -0.2) is 0 Å². The van der Waals surface area contributed by atoms with Gasteiger partial charge in [-0.3, -0.25) is 4.79 Å². The van der Waals surface area contributed by atoms with E-state index in [9.17, 15) is 4.79 Å². The summed E-state index contributed by atoms with van der Waals surface area (Å²) in [6.07, 6.45) is 2.35. The quantitative estimate of drug-likeness (QED) is 0.486. The average molecular weight is 264 g/mol. The number of rotatable bonds is 6. The van der Waals surface area contributed by atoms with Crippen LogP contribution in [0.5, 0.6) is 0 Å². The SMILES string of the molecule is COCCCNC(=O)/C(C#N)=C\c1ccc(C)s1. The maximum atomic E-state index is 11.7. The number of aryl methyl sites for hydroxylation is 1. The van der Waals surface area contributed by atoms with Crippen molar-refractivity contribution in [2.45, 2.75) is 13.3 Å². The van der Waals surface area contributed by atoms with Crippen molar-refractivity contribution >= 4 is 23.3 Å². The molecule has 1 amide bonds. The number of hydrogen-bond acceptors (Lipinski definition) is 4. The van der Waals surface area contributed by atoms with Crippen molar-refractivity contribution < 1.29 is 9.53 Å². The number of nitriles is 1. The van der Waals surface area contributed by atoms with Crippen LogP contribution in [0.2, 0.25) is 0 Å². The van der Waals surface area contributed by atoms with Crippen molar-refractivity contribution in [2.75, 3.05) is 20.3 Å². The average Bonchev–Trinajstić information content (AvgIpc) is 2.77. The highest BCUT2D eigenvalue weighted by Crippen LogP contribution is 2.18. The van der Waals surface area contributed by atoms with E-state index in [1.54, 1.807) is 24.5 Å². The van der Waals surface area contributed by atoms with Crippen molar-refractivity contribution in [3.05, 3.63) is 27.5 Å². The zero-order valence-electron chi connectivity index (χ0n) is 10.5. The fourth-order valence-corrected chi connectivity index (χ4v) is 2.16. The molecular formula is C13H16N2O2S. The Bertz CT molecular complexity index is 472. The highest BCUT2D eigenvalue weighted by molar-refractivity contribution is 7.12. The molecule has 1 N–H and O–H groups in total. The number of carbonyl (C=O) groups is 1. The number of nitrogens with one attached hydrogen (secondary N) is 1. The summed E-state index contributed by atoms with van der Waals surface area (Å²) >= 11 is 1.55. The summed E-state index contributed by atoms with van der Waals surface area (Å²) in [6.45, 7) is 3.09. The Morgan fingerprint density at radius 3 is 2.94 bits per heavy atom. The first-order valence-corrected chi connectivity index (χ1v) is 6.44. The molecule has 0 aromatic carbocycles. The van der Waals surface area contributed by atoms with Gasteiger partial charge in [-0.15, -0.1) is 11.3 Å². The van der Waals surface area contributed by atoms with Crippen LogP contribution in [-0.4, -0.2) is 26.2 Å². The van der Waals surface area contributed by atoms with Crippen LogP contribution < -0.4 is 5.32 Å². The molecule has 0 atom stereocenters. The summed E-state index contributed by atoms with van der Waals surface area (Å²) in [6, 6.07) is 5.78. The van der Waals surface area contributed by atoms with Gasteiger partial charge in [0.25, 0.3) is 5.91 Å². The molecule has 0 aliphatic carbocycles. The molecule has 0 unspecified atom stereocenters. The van der Waals surface area contributed by atoms with E-state index in [0.29, 0.717) is 13.2 Å². The Morgan fingerprint density at radius 1 is 1.61 bits per heavy atom. The topological polar surface area (TPSA) is 62.1 Å². The minimum atomic E-state index is -0.334. The van der Waals surface area contributed by atoms with Gasteiger partial charge in [-0.2, -0.15) is 5.26 Å². The number of amides is 1. The highest BCUT2D eigenvalue weighted by atomic mass is 32.1. The lowest BCUT2D eigenvalue weighted by molar-refractivity contribution is -0.117. The van der Waals surface area contributed by atoms with Gasteiger partial charge in [0.05, 0.1) is 0 Å². The highest BCUT2D eigenvalue weighted by Gasteiger charge is 2.08. The number of ether oxygens (including phenoxy) is 1. The second-order valence-electron chi connectivity index (χ2n) is 3.72. The van der Waals surface area contributed by atoms with Crippen LogP contribution >= 0.6 is 11.3 Å². The molecule has 1 aromatic rings. The second kappa shape index (κ2) is 7.64. The van der Waals surface area contributed by atoms with Crippen molar-refractivity contribution in [1.29, 1.82) is 5.26 Å². The summed E-state index contributed by atoms with van der Waals surface area (Å²) in [5.41, 5.74) is 0.134. The van der Waals surface area contributed by atoms with E-state index in [1.807, 2.05) is 25.1 Å². The van der Waals surface area contributed by atoms with E-state index >= 15 is 0 Å². The van der Waals surface area contributed by atoms with Crippen LogP contribution in [0.1, 0.15) is 16.2 Å². The van der Waals surface area contributed by atoms with Gasteiger partial charge in [0.2, 0.25) is 0 Å². The summed E-state index contributed by atoms with van der Waals surface area (Å²) in [4.78, 5) is 13.8. The maximum Gasteiger partial charge on any atom is 0.261 e. The molecule has 0 fully saturated rings. The Morgan fingerprint density at radius 2 is 2.39 bits per heavy atom. The molecule has 0 bridgehead atoms. The van der Waals surface area contributed by atoms with Crippen molar-refractivity contribution in [1.82, 2.24) is 5.32 Å². The minimum Gasteiger partial charge on any atom is -0.385 e. The summed E-state index contributed by atoms with van der Waals surface area (Å²) in [5, 5.41) is 11.7. The summed E-state index contributed by atoms with van der Waals surface area (Å²) < 4.78 is 4.88. The first kappa shape index (κ1) is 14.4. The van der Waals surface area contributed by atoms with E-state index in [0.717, 1.165) is 16.2 Å².